The Kier molecular flexibility index (Phi) is 5.49. The zero-order valence-corrected chi connectivity index (χ0v) is 18.5. The number of benzene rings is 2. The molecular formula is C25H28N6O. The zero-order valence-electron chi connectivity index (χ0n) is 18.5. The summed E-state index contributed by atoms with van der Waals surface area (Å²) in [4.78, 5) is 24.7. The standard InChI is InChI=1S/C25H28N6O/c1-16-5-3-6-19(11-16)21-8-4-7-20(17(21)2)15-31-23-22(29-25(31)32)14-28-24(30-23)27-13-18-9-10-26-12-18/h3-8,11,14,18,26H,9-10,12-13,15H2,1-2H3,(H,29,32)(H,27,28,30)/t18-/m1/s1. The Balaban J connectivity index is 1.46. The third kappa shape index (κ3) is 4.03. The molecule has 1 aliphatic heterocycles. The number of anilines is 1. The number of aromatic amines is 1. The molecule has 1 aliphatic rings. The summed E-state index contributed by atoms with van der Waals surface area (Å²) < 4.78 is 1.70. The summed E-state index contributed by atoms with van der Waals surface area (Å²) in [5.41, 5.74) is 6.95. The van der Waals surface area contributed by atoms with Gasteiger partial charge in [0.05, 0.1) is 12.7 Å². The highest BCUT2D eigenvalue weighted by Gasteiger charge is 2.16. The molecule has 3 heterocycles. The second-order valence-electron chi connectivity index (χ2n) is 8.65. The molecule has 0 spiro atoms. The van der Waals surface area contributed by atoms with Crippen LogP contribution in [0.15, 0.2) is 53.5 Å². The number of imidazole rings is 1. The SMILES string of the molecule is Cc1cccc(-c2cccc(Cn3c(=O)[nH]c4cnc(NC[C@@H]5CCNC5)nc43)c2C)c1. The molecule has 7 heteroatoms. The van der Waals surface area contributed by atoms with Crippen LogP contribution in [0.2, 0.25) is 0 Å². The molecule has 1 atom stereocenters. The first-order chi connectivity index (χ1) is 15.6. The predicted octanol–water partition coefficient (Wildman–Crippen LogP) is 3.47. The van der Waals surface area contributed by atoms with E-state index >= 15 is 0 Å². The van der Waals surface area contributed by atoms with Crippen LogP contribution in [-0.4, -0.2) is 39.2 Å². The number of hydrogen-bond acceptors (Lipinski definition) is 5. The maximum absolute atomic E-state index is 12.7. The van der Waals surface area contributed by atoms with Crippen molar-refractivity contribution >= 4 is 17.1 Å². The first-order valence-electron chi connectivity index (χ1n) is 11.1. The highest BCUT2D eigenvalue weighted by Crippen LogP contribution is 2.27. The summed E-state index contributed by atoms with van der Waals surface area (Å²) in [6.07, 6.45) is 2.84. The van der Waals surface area contributed by atoms with E-state index in [-0.39, 0.29) is 5.69 Å². The molecule has 1 saturated heterocycles. The summed E-state index contributed by atoms with van der Waals surface area (Å²) in [5, 5.41) is 6.71. The molecule has 0 amide bonds. The Hall–Kier alpha value is -3.45. The predicted molar refractivity (Wildman–Crippen MR) is 128 cm³/mol. The van der Waals surface area contributed by atoms with E-state index < -0.39 is 0 Å². The number of H-pyrrole nitrogens is 1. The molecule has 4 aromatic rings. The summed E-state index contributed by atoms with van der Waals surface area (Å²) in [6.45, 7) is 7.57. The molecule has 2 aromatic carbocycles. The van der Waals surface area contributed by atoms with Gasteiger partial charge in [-0.15, -0.1) is 0 Å². The molecule has 0 radical (unpaired) electrons. The highest BCUT2D eigenvalue weighted by atomic mass is 16.1. The van der Waals surface area contributed by atoms with Crippen LogP contribution in [0, 0.1) is 19.8 Å². The maximum atomic E-state index is 12.7. The fourth-order valence-corrected chi connectivity index (χ4v) is 4.45. The van der Waals surface area contributed by atoms with Crippen LogP contribution in [0.4, 0.5) is 5.95 Å². The van der Waals surface area contributed by atoms with Gasteiger partial charge in [-0.25, -0.2) is 9.78 Å². The lowest BCUT2D eigenvalue weighted by atomic mass is 9.95. The van der Waals surface area contributed by atoms with Crippen LogP contribution in [0.25, 0.3) is 22.3 Å². The summed E-state index contributed by atoms with van der Waals surface area (Å²) in [5.74, 6) is 1.14. The number of aryl methyl sites for hydroxylation is 1. The third-order valence-electron chi connectivity index (χ3n) is 6.33. The smallest absolute Gasteiger partial charge is 0.328 e. The Bertz CT molecular complexity index is 1320. The van der Waals surface area contributed by atoms with Crippen molar-refractivity contribution in [2.75, 3.05) is 25.0 Å². The van der Waals surface area contributed by atoms with Gasteiger partial charge in [-0.3, -0.25) is 4.57 Å². The number of nitrogens with one attached hydrogen (secondary N) is 3. The molecule has 3 N–H and O–H groups in total. The number of rotatable bonds is 6. The van der Waals surface area contributed by atoms with Crippen LogP contribution in [0.5, 0.6) is 0 Å². The molecule has 0 bridgehead atoms. The van der Waals surface area contributed by atoms with Gasteiger partial charge in [0.2, 0.25) is 5.95 Å². The van der Waals surface area contributed by atoms with E-state index in [1.165, 1.54) is 22.3 Å². The quantitative estimate of drug-likeness (QED) is 0.438. The van der Waals surface area contributed by atoms with Crippen molar-refractivity contribution in [2.45, 2.75) is 26.8 Å². The monoisotopic (exact) mass is 428 g/mol. The van der Waals surface area contributed by atoms with Crippen LogP contribution in [0.3, 0.4) is 0 Å². The topological polar surface area (TPSA) is 87.6 Å². The first kappa shape index (κ1) is 20.5. The Morgan fingerprint density at radius 2 is 2.06 bits per heavy atom. The molecular weight excluding hydrogens is 400 g/mol. The zero-order chi connectivity index (χ0) is 22.1. The summed E-state index contributed by atoms with van der Waals surface area (Å²) in [6, 6.07) is 14.8. The van der Waals surface area contributed by atoms with E-state index in [0.29, 0.717) is 29.6 Å². The van der Waals surface area contributed by atoms with Crippen molar-refractivity contribution in [3.8, 4) is 11.1 Å². The van der Waals surface area contributed by atoms with E-state index in [4.69, 9.17) is 0 Å². The van der Waals surface area contributed by atoms with Crippen molar-refractivity contribution in [1.82, 2.24) is 24.8 Å². The van der Waals surface area contributed by atoms with E-state index in [1.54, 1.807) is 10.8 Å². The molecule has 7 nitrogen and oxygen atoms in total. The van der Waals surface area contributed by atoms with E-state index in [9.17, 15) is 4.79 Å². The lowest BCUT2D eigenvalue weighted by Crippen LogP contribution is -2.19. The molecule has 32 heavy (non-hydrogen) atoms. The van der Waals surface area contributed by atoms with Gasteiger partial charge in [-0.05, 0) is 61.5 Å². The lowest BCUT2D eigenvalue weighted by Gasteiger charge is -2.13. The van der Waals surface area contributed by atoms with Crippen LogP contribution < -0.4 is 16.3 Å². The van der Waals surface area contributed by atoms with Gasteiger partial charge in [0.25, 0.3) is 0 Å². The second-order valence-corrected chi connectivity index (χ2v) is 8.65. The third-order valence-corrected chi connectivity index (χ3v) is 6.33. The number of aromatic nitrogens is 4. The second kappa shape index (κ2) is 8.59. The largest absolute Gasteiger partial charge is 0.354 e. The summed E-state index contributed by atoms with van der Waals surface area (Å²) >= 11 is 0. The number of hydrogen-bond donors (Lipinski definition) is 3. The summed E-state index contributed by atoms with van der Waals surface area (Å²) in [7, 11) is 0. The molecule has 0 unspecified atom stereocenters. The normalized spacial score (nSPS) is 16.0. The number of fused-ring (bicyclic) bond motifs is 1. The van der Waals surface area contributed by atoms with Crippen LogP contribution in [-0.2, 0) is 6.54 Å². The van der Waals surface area contributed by atoms with E-state index in [2.05, 4.69) is 81.9 Å². The minimum absolute atomic E-state index is 0.174. The molecule has 0 saturated carbocycles. The van der Waals surface area contributed by atoms with Crippen molar-refractivity contribution in [1.29, 1.82) is 0 Å². The minimum atomic E-state index is -0.174. The average Bonchev–Trinajstić information content (AvgIpc) is 3.41. The maximum Gasteiger partial charge on any atom is 0.328 e. The molecule has 0 aliphatic carbocycles. The van der Waals surface area contributed by atoms with Crippen molar-refractivity contribution in [2.24, 2.45) is 5.92 Å². The van der Waals surface area contributed by atoms with Gasteiger partial charge in [-0.1, -0.05) is 48.0 Å². The van der Waals surface area contributed by atoms with Gasteiger partial charge >= 0.3 is 5.69 Å². The van der Waals surface area contributed by atoms with Crippen LogP contribution in [0.1, 0.15) is 23.1 Å². The van der Waals surface area contributed by atoms with Gasteiger partial charge in [0.15, 0.2) is 5.65 Å². The Labute approximate surface area is 186 Å². The molecule has 164 valence electrons. The molecule has 1 fully saturated rings. The van der Waals surface area contributed by atoms with Crippen molar-refractivity contribution < 1.29 is 0 Å². The fourth-order valence-electron chi connectivity index (χ4n) is 4.45. The van der Waals surface area contributed by atoms with Crippen molar-refractivity contribution in [3.05, 3.63) is 75.8 Å². The highest BCUT2D eigenvalue weighted by molar-refractivity contribution is 5.72. The Morgan fingerprint density at radius 1 is 1.19 bits per heavy atom. The first-order valence-corrected chi connectivity index (χ1v) is 11.1. The van der Waals surface area contributed by atoms with Crippen LogP contribution >= 0.6 is 0 Å². The van der Waals surface area contributed by atoms with Gasteiger partial charge in [0, 0.05) is 6.54 Å². The average molecular weight is 429 g/mol. The lowest BCUT2D eigenvalue weighted by molar-refractivity contribution is 0.613. The van der Waals surface area contributed by atoms with E-state index in [1.807, 2.05) is 0 Å². The number of nitrogens with zero attached hydrogens (tertiary/aromatic N) is 3. The Morgan fingerprint density at radius 3 is 2.88 bits per heavy atom. The fraction of sp³-hybridized carbons (Fsp3) is 0.320. The van der Waals surface area contributed by atoms with Gasteiger partial charge in [0.1, 0.15) is 5.52 Å². The van der Waals surface area contributed by atoms with Crippen molar-refractivity contribution in [3.63, 3.8) is 0 Å². The molecule has 5 rings (SSSR count). The van der Waals surface area contributed by atoms with Gasteiger partial charge in [-0.2, -0.15) is 4.98 Å². The van der Waals surface area contributed by atoms with Gasteiger partial charge < -0.3 is 15.6 Å². The van der Waals surface area contributed by atoms with E-state index in [0.717, 1.165) is 31.6 Å². The molecule has 2 aromatic heterocycles. The minimum Gasteiger partial charge on any atom is -0.354 e.